The number of amides is 1. The van der Waals surface area contributed by atoms with Crippen molar-refractivity contribution in [3.05, 3.63) is 54.1 Å². The molecule has 0 radical (unpaired) electrons. The highest BCUT2D eigenvalue weighted by atomic mass is 19.1. The van der Waals surface area contributed by atoms with E-state index in [9.17, 15) is 9.18 Å². The van der Waals surface area contributed by atoms with E-state index in [1.807, 2.05) is 43.9 Å². The third-order valence-electron chi connectivity index (χ3n) is 6.16. The van der Waals surface area contributed by atoms with E-state index in [1.54, 1.807) is 12.4 Å². The van der Waals surface area contributed by atoms with Gasteiger partial charge in [-0.25, -0.2) is 14.4 Å². The van der Waals surface area contributed by atoms with Crippen molar-refractivity contribution >= 4 is 22.6 Å². The fraction of sp³-hybridized carbons (Fsp3) is 0.423. The van der Waals surface area contributed by atoms with Crippen molar-refractivity contribution in [2.24, 2.45) is 5.41 Å². The summed E-state index contributed by atoms with van der Waals surface area (Å²) < 4.78 is 14.8. The third-order valence-corrected chi connectivity index (χ3v) is 6.16. The van der Waals surface area contributed by atoms with Gasteiger partial charge in [-0.3, -0.25) is 4.79 Å². The zero-order valence-corrected chi connectivity index (χ0v) is 18.9. The standard InChI is InChI=1S/C26H29FN4O/c1-26(2,3)25(32)31(20-8-9-20)14-18-12-16(4-10-22(18)27)17-5-11-23-21(13-17)24(29-15-28-23)30-19-6-7-19/h4-5,10-13,15,19-20H,6-9,14H2,1-3H3,(H,28,29,30). The van der Waals surface area contributed by atoms with Crippen molar-refractivity contribution in [2.45, 2.75) is 65.1 Å². The molecular formula is C26H29FN4O. The summed E-state index contributed by atoms with van der Waals surface area (Å²) in [7, 11) is 0. The van der Waals surface area contributed by atoms with Crippen molar-refractivity contribution in [3.63, 3.8) is 0 Å². The molecule has 2 fully saturated rings. The van der Waals surface area contributed by atoms with E-state index in [0.29, 0.717) is 18.2 Å². The quantitative estimate of drug-likeness (QED) is 0.555. The second-order valence-corrected chi connectivity index (χ2v) is 10.1. The van der Waals surface area contributed by atoms with Gasteiger partial charge in [-0.15, -0.1) is 0 Å². The van der Waals surface area contributed by atoms with Gasteiger partial charge in [-0.05, 0) is 61.1 Å². The molecule has 1 aromatic heterocycles. The average Bonchev–Trinajstić information content (AvgIpc) is 3.67. The van der Waals surface area contributed by atoms with Crippen LogP contribution in [0.3, 0.4) is 0 Å². The number of carbonyl (C=O) groups is 1. The second-order valence-electron chi connectivity index (χ2n) is 10.1. The SMILES string of the molecule is CC(C)(C)C(=O)N(Cc1cc(-c2ccc3ncnc(NC4CC4)c3c2)ccc1F)C1CC1. The number of anilines is 1. The summed E-state index contributed by atoms with van der Waals surface area (Å²) in [6.07, 6.45) is 5.89. The number of hydrogen-bond acceptors (Lipinski definition) is 4. The van der Waals surface area contributed by atoms with E-state index in [0.717, 1.165) is 53.5 Å². The van der Waals surface area contributed by atoms with Crippen LogP contribution in [-0.2, 0) is 11.3 Å². The molecule has 2 aliphatic carbocycles. The minimum absolute atomic E-state index is 0.0726. The van der Waals surface area contributed by atoms with Gasteiger partial charge >= 0.3 is 0 Å². The van der Waals surface area contributed by atoms with Crippen LogP contribution in [0, 0.1) is 11.2 Å². The van der Waals surface area contributed by atoms with Gasteiger partial charge in [0, 0.05) is 35.0 Å². The first-order valence-corrected chi connectivity index (χ1v) is 11.4. The van der Waals surface area contributed by atoms with Gasteiger partial charge in [0.25, 0.3) is 0 Å². The Balaban J connectivity index is 1.48. The Hall–Kier alpha value is -3.02. The van der Waals surface area contributed by atoms with Crippen molar-refractivity contribution in [2.75, 3.05) is 5.32 Å². The monoisotopic (exact) mass is 432 g/mol. The predicted molar refractivity (Wildman–Crippen MR) is 125 cm³/mol. The molecule has 0 atom stereocenters. The first-order chi connectivity index (χ1) is 15.3. The Kier molecular flexibility index (Phi) is 5.11. The van der Waals surface area contributed by atoms with Crippen molar-refractivity contribution in [1.29, 1.82) is 0 Å². The van der Waals surface area contributed by atoms with E-state index in [2.05, 4.69) is 21.4 Å². The maximum Gasteiger partial charge on any atom is 0.228 e. The minimum Gasteiger partial charge on any atom is -0.367 e. The maximum absolute atomic E-state index is 14.8. The van der Waals surface area contributed by atoms with Crippen LogP contribution >= 0.6 is 0 Å². The molecule has 0 spiro atoms. The molecule has 2 aromatic carbocycles. The number of benzene rings is 2. The van der Waals surface area contributed by atoms with Gasteiger partial charge in [0.1, 0.15) is 18.0 Å². The van der Waals surface area contributed by atoms with Gasteiger partial charge in [0.15, 0.2) is 0 Å². The molecule has 2 saturated carbocycles. The summed E-state index contributed by atoms with van der Waals surface area (Å²) in [4.78, 5) is 23.7. The van der Waals surface area contributed by atoms with Gasteiger partial charge in [-0.1, -0.05) is 32.9 Å². The molecule has 32 heavy (non-hydrogen) atoms. The molecule has 0 saturated heterocycles. The fourth-order valence-electron chi connectivity index (χ4n) is 4.01. The van der Waals surface area contributed by atoms with E-state index in [1.165, 1.54) is 6.07 Å². The molecule has 5 nitrogen and oxygen atoms in total. The zero-order chi connectivity index (χ0) is 22.5. The van der Waals surface area contributed by atoms with Crippen LogP contribution in [0.25, 0.3) is 22.0 Å². The van der Waals surface area contributed by atoms with Crippen LogP contribution in [-0.4, -0.2) is 32.9 Å². The van der Waals surface area contributed by atoms with E-state index < -0.39 is 5.41 Å². The smallest absolute Gasteiger partial charge is 0.228 e. The summed E-state index contributed by atoms with van der Waals surface area (Å²) in [5.74, 6) is 0.641. The van der Waals surface area contributed by atoms with Crippen LogP contribution in [0.1, 0.15) is 52.0 Å². The lowest BCUT2D eigenvalue weighted by molar-refractivity contribution is -0.140. The first-order valence-electron chi connectivity index (χ1n) is 11.4. The second kappa shape index (κ2) is 7.84. The lowest BCUT2D eigenvalue weighted by Crippen LogP contribution is -2.40. The van der Waals surface area contributed by atoms with Crippen LogP contribution in [0.15, 0.2) is 42.7 Å². The Labute approximate surface area is 188 Å². The summed E-state index contributed by atoms with van der Waals surface area (Å²) in [6, 6.07) is 11.9. The van der Waals surface area contributed by atoms with E-state index in [-0.39, 0.29) is 17.8 Å². The average molecular weight is 433 g/mol. The van der Waals surface area contributed by atoms with Gasteiger partial charge in [0.2, 0.25) is 5.91 Å². The Morgan fingerprint density at radius 3 is 2.47 bits per heavy atom. The zero-order valence-electron chi connectivity index (χ0n) is 18.9. The van der Waals surface area contributed by atoms with Crippen LogP contribution in [0.5, 0.6) is 0 Å². The molecule has 1 amide bonds. The number of hydrogen-bond donors (Lipinski definition) is 1. The highest BCUT2D eigenvalue weighted by Gasteiger charge is 2.37. The Morgan fingerprint density at radius 1 is 1.06 bits per heavy atom. The van der Waals surface area contributed by atoms with Crippen molar-refractivity contribution < 1.29 is 9.18 Å². The molecule has 6 heteroatoms. The molecule has 0 bridgehead atoms. The first kappa shape index (κ1) is 20.9. The minimum atomic E-state index is -0.486. The molecule has 0 unspecified atom stereocenters. The number of nitrogens with zero attached hydrogens (tertiary/aromatic N) is 3. The highest BCUT2D eigenvalue weighted by molar-refractivity contribution is 5.92. The molecule has 0 aliphatic heterocycles. The molecule has 3 aromatic rings. The largest absolute Gasteiger partial charge is 0.367 e. The molecule has 2 aliphatic rings. The Morgan fingerprint density at radius 2 is 1.78 bits per heavy atom. The summed E-state index contributed by atoms with van der Waals surface area (Å²) in [6.45, 7) is 6.05. The topological polar surface area (TPSA) is 58.1 Å². The summed E-state index contributed by atoms with van der Waals surface area (Å²) in [5.41, 5.74) is 2.84. The normalized spacial score (nSPS) is 16.2. The van der Waals surface area contributed by atoms with E-state index >= 15 is 0 Å². The number of halogens is 1. The number of fused-ring (bicyclic) bond motifs is 1. The summed E-state index contributed by atoms with van der Waals surface area (Å²) >= 11 is 0. The number of rotatable bonds is 6. The number of carbonyl (C=O) groups excluding carboxylic acids is 1. The predicted octanol–water partition coefficient (Wildman–Crippen LogP) is 5.55. The molecule has 166 valence electrons. The third kappa shape index (κ3) is 4.31. The van der Waals surface area contributed by atoms with Gasteiger partial charge in [0.05, 0.1) is 5.52 Å². The molecular weight excluding hydrogens is 403 g/mol. The fourth-order valence-corrected chi connectivity index (χ4v) is 4.01. The Bertz CT molecular complexity index is 1180. The molecule has 1 N–H and O–H groups in total. The molecule has 1 heterocycles. The van der Waals surface area contributed by atoms with E-state index in [4.69, 9.17) is 0 Å². The van der Waals surface area contributed by atoms with Crippen molar-refractivity contribution in [3.8, 4) is 11.1 Å². The lowest BCUT2D eigenvalue weighted by atomic mass is 9.94. The lowest BCUT2D eigenvalue weighted by Gasteiger charge is -2.30. The summed E-state index contributed by atoms with van der Waals surface area (Å²) in [5, 5.41) is 4.44. The number of aromatic nitrogens is 2. The van der Waals surface area contributed by atoms with Crippen molar-refractivity contribution in [1.82, 2.24) is 14.9 Å². The van der Waals surface area contributed by atoms with Gasteiger partial charge < -0.3 is 10.2 Å². The highest BCUT2D eigenvalue weighted by Crippen LogP contribution is 2.34. The van der Waals surface area contributed by atoms with Crippen LogP contribution in [0.4, 0.5) is 10.2 Å². The molecule has 5 rings (SSSR count). The maximum atomic E-state index is 14.8. The van der Waals surface area contributed by atoms with Crippen LogP contribution < -0.4 is 5.32 Å². The van der Waals surface area contributed by atoms with Gasteiger partial charge in [-0.2, -0.15) is 0 Å². The van der Waals surface area contributed by atoms with Crippen LogP contribution in [0.2, 0.25) is 0 Å². The number of nitrogens with one attached hydrogen (secondary N) is 1.